The number of hydrogen-bond acceptors (Lipinski definition) is 5. The molecule has 0 bridgehead atoms. The van der Waals surface area contributed by atoms with Gasteiger partial charge >= 0.3 is 0 Å². The van der Waals surface area contributed by atoms with Gasteiger partial charge in [-0.15, -0.1) is 0 Å². The summed E-state index contributed by atoms with van der Waals surface area (Å²) in [6.07, 6.45) is 3.45. The Kier molecular flexibility index (Phi) is 10.6. The van der Waals surface area contributed by atoms with E-state index >= 15 is 0 Å². The maximum Gasteiger partial charge on any atom is 0.248 e. The SMILES string of the molecule is CC(C)N1CC2N(C(=O)C(N(C(=O)C3CCCCC3)C(C)C)CN2S(=O)(=O)c2ccc(Cl)cc2Cl)C(Cc2ccc(Cl)cc2)C1=O. The Morgan fingerprint density at radius 2 is 1.52 bits per heavy atom. The number of carbonyl (C=O) groups excluding carboxylic acids is 3. The number of carbonyl (C=O) groups is 3. The summed E-state index contributed by atoms with van der Waals surface area (Å²) in [4.78, 5) is 47.5. The minimum absolute atomic E-state index is 0.0330. The highest BCUT2D eigenvalue weighted by Gasteiger charge is 2.56. The van der Waals surface area contributed by atoms with Gasteiger partial charge in [-0.3, -0.25) is 14.4 Å². The number of amides is 3. The van der Waals surface area contributed by atoms with Crippen LogP contribution in [0.1, 0.15) is 65.4 Å². The van der Waals surface area contributed by atoms with E-state index in [0.29, 0.717) is 5.02 Å². The molecule has 0 radical (unpaired) electrons. The van der Waals surface area contributed by atoms with Crippen molar-refractivity contribution < 1.29 is 22.8 Å². The number of sulfonamides is 1. The predicted molar refractivity (Wildman–Crippen MR) is 179 cm³/mol. The lowest BCUT2D eigenvalue weighted by Crippen LogP contribution is -2.77. The summed E-state index contributed by atoms with van der Waals surface area (Å²) < 4.78 is 30.4. The number of hydrogen-bond donors (Lipinski definition) is 0. The maximum atomic E-state index is 14.8. The Morgan fingerprint density at radius 1 is 0.891 bits per heavy atom. The summed E-state index contributed by atoms with van der Waals surface area (Å²) in [5, 5.41) is 0.746. The second-order valence-electron chi connectivity index (χ2n) is 13.0. The summed E-state index contributed by atoms with van der Waals surface area (Å²) in [6, 6.07) is 8.35. The Balaban J connectivity index is 1.66. The van der Waals surface area contributed by atoms with Crippen LogP contribution in [0, 0.1) is 5.92 Å². The molecule has 1 aliphatic carbocycles. The van der Waals surface area contributed by atoms with Gasteiger partial charge in [0.2, 0.25) is 27.7 Å². The first-order valence-electron chi connectivity index (χ1n) is 15.9. The van der Waals surface area contributed by atoms with E-state index in [1.807, 2.05) is 27.7 Å². The molecule has 2 aliphatic heterocycles. The molecule has 3 amide bonds. The van der Waals surface area contributed by atoms with Crippen molar-refractivity contribution in [3.05, 3.63) is 63.1 Å². The van der Waals surface area contributed by atoms with E-state index in [0.717, 1.165) is 37.7 Å². The topological polar surface area (TPSA) is 98.3 Å². The molecule has 46 heavy (non-hydrogen) atoms. The Bertz CT molecular complexity index is 1580. The minimum Gasteiger partial charge on any atom is -0.335 e. The van der Waals surface area contributed by atoms with Crippen LogP contribution in [0.2, 0.25) is 15.1 Å². The Hall–Kier alpha value is -2.37. The predicted octanol–water partition coefficient (Wildman–Crippen LogP) is 5.85. The average Bonchev–Trinajstić information content (AvgIpc) is 3.00. The second kappa shape index (κ2) is 14.0. The summed E-state index contributed by atoms with van der Waals surface area (Å²) in [7, 11) is -4.36. The summed E-state index contributed by atoms with van der Waals surface area (Å²) >= 11 is 18.7. The highest BCUT2D eigenvalue weighted by Crippen LogP contribution is 2.37. The quantitative estimate of drug-likeness (QED) is 0.342. The van der Waals surface area contributed by atoms with Crippen LogP contribution in [0.5, 0.6) is 0 Å². The average molecular weight is 712 g/mol. The molecule has 13 heteroatoms. The van der Waals surface area contributed by atoms with Crippen LogP contribution in [0.15, 0.2) is 47.4 Å². The monoisotopic (exact) mass is 710 g/mol. The van der Waals surface area contributed by atoms with Crippen molar-refractivity contribution in [1.82, 2.24) is 19.0 Å². The Morgan fingerprint density at radius 3 is 2.11 bits per heavy atom. The number of rotatable bonds is 8. The fourth-order valence-electron chi connectivity index (χ4n) is 7.04. The number of halogens is 3. The van der Waals surface area contributed by atoms with E-state index in [2.05, 4.69) is 0 Å². The van der Waals surface area contributed by atoms with Gasteiger partial charge in [0.05, 0.1) is 11.6 Å². The van der Waals surface area contributed by atoms with Crippen LogP contribution in [-0.4, -0.2) is 88.6 Å². The first-order chi connectivity index (χ1) is 21.7. The van der Waals surface area contributed by atoms with E-state index in [-0.39, 0.29) is 58.2 Å². The van der Waals surface area contributed by atoms with Crippen molar-refractivity contribution in [1.29, 1.82) is 0 Å². The van der Waals surface area contributed by atoms with E-state index < -0.39 is 40.2 Å². The normalized spacial score (nSPS) is 23.3. The molecule has 250 valence electrons. The fraction of sp³-hybridized carbons (Fsp3) is 0.545. The lowest BCUT2D eigenvalue weighted by molar-refractivity contribution is -0.175. The molecule has 1 saturated carbocycles. The van der Waals surface area contributed by atoms with Gasteiger partial charge in [0.15, 0.2) is 0 Å². The van der Waals surface area contributed by atoms with Crippen LogP contribution in [0.25, 0.3) is 0 Å². The zero-order chi connectivity index (χ0) is 33.5. The highest BCUT2D eigenvalue weighted by molar-refractivity contribution is 7.89. The van der Waals surface area contributed by atoms with Gasteiger partial charge in [-0.25, -0.2) is 8.42 Å². The van der Waals surface area contributed by atoms with Crippen molar-refractivity contribution in [2.24, 2.45) is 5.92 Å². The molecule has 2 saturated heterocycles. The van der Waals surface area contributed by atoms with Gasteiger partial charge < -0.3 is 14.7 Å². The molecule has 0 spiro atoms. The molecular weight excluding hydrogens is 671 g/mol. The first kappa shape index (κ1) is 35.0. The van der Waals surface area contributed by atoms with E-state index in [9.17, 15) is 22.8 Å². The zero-order valence-electron chi connectivity index (χ0n) is 26.5. The molecule has 9 nitrogen and oxygen atoms in total. The van der Waals surface area contributed by atoms with Crippen molar-refractivity contribution in [3.8, 4) is 0 Å². The molecule has 3 aliphatic rings. The molecule has 3 atom stereocenters. The zero-order valence-corrected chi connectivity index (χ0v) is 29.6. The molecule has 0 aromatic heterocycles. The first-order valence-corrected chi connectivity index (χ1v) is 18.5. The smallest absolute Gasteiger partial charge is 0.248 e. The molecular formula is C33H41Cl3N4O5S. The van der Waals surface area contributed by atoms with Gasteiger partial charge in [0.25, 0.3) is 0 Å². The summed E-state index contributed by atoms with van der Waals surface area (Å²) in [5.74, 6) is -1.13. The molecule has 3 fully saturated rings. The van der Waals surface area contributed by atoms with Crippen LogP contribution in [0.4, 0.5) is 0 Å². The molecule has 5 rings (SSSR count). The van der Waals surface area contributed by atoms with Crippen LogP contribution >= 0.6 is 34.8 Å². The van der Waals surface area contributed by atoms with E-state index in [1.54, 1.807) is 34.1 Å². The fourth-order valence-corrected chi connectivity index (χ4v) is 9.49. The third-order valence-electron chi connectivity index (χ3n) is 9.36. The van der Waals surface area contributed by atoms with Crippen molar-refractivity contribution >= 4 is 62.5 Å². The molecule has 3 unspecified atom stereocenters. The van der Waals surface area contributed by atoms with E-state index in [4.69, 9.17) is 34.8 Å². The van der Waals surface area contributed by atoms with Crippen LogP contribution in [0.3, 0.4) is 0 Å². The molecule has 2 heterocycles. The van der Waals surface area contributed by atoms with Gasteiger partial charge in [-0.1, -0.05) is 66.2 Å². The van der Waals surface area contributed by atoms with Gasteiger partial charge in [-0.2, -0.15) is 4.31 Å². The third-order valence-corrected chi connectivity index (χ3v) is 12.2. The van der Waals surface area contributed by atoms with Crippen molar-refractivity contribution in [2.45, 2.75) is 101 Å². The number of nitrogens with zero attached hydrogens (tertiary/aromatic N) is 4. The maximum absolute atomic E-state index is 14.8. The third kappa shape index (κ3) is 6.79. The van der Waals surface area contributed by atoms with Gasteiger partial charge in [0.1, 0.15) is 23.1 Å². The summed E-state index contributed by atoms with van der Waals surface area (Å²) in [5.41, 5.74) is 0.760. The highest BCUT2D eigenvalue weighted by atomic mass is 35.5. The van der Waals surface area contributed by atoms with E-state index in [1.165, 1.54) is 27.4 Å². The largest absolute Gasteiger partial charge is 0.335 e. The minimum atomic E-state index is -4.36. The van der Waals surface area contributed by atoms with Crippen molar-refractivity contribution in [3.63, 3.8) is 0 Å². The summed E-state index contributed by atoms with van der Waals surface area (Å²) in [6.45, 7) is 7.09. The van der Waals surface area contributed by atoms with Crippen LogP contribution < -0.4 is 0 Å². The second-order valence-corrected chi connectivity index (χ2v) is 16.1. The van der Waals surface area contributed by atoms with Gasteiger partial charge in [0, 0.05) is 41.0 Å². The molecule has 2 aromatic carbocycles. The van der Waals surface area contributed by atoms with Crippen molar-refractivity contribution in [2.75, 3.05) is 13.1 Å². The number of benzene rings is 2. The lowest BCUT2D eigenvalue weighted by Gasteiger charge is -2.55. The van der Waals surface area contributed by atoms with Gasteiger partial charge in [-0.05, 0) is 76.4 Å². The molecule has 0 N–H and O–H groups in total. The standard InChI is InChI=1S/C33H41Cl3N4O5S/c1-20(2)37-19-30-38(46(44,45)29-15-14-25(35)17-26(29)36)18-28(39(21(3)4)31(41)23-8-6-5-7-9-23)33(43)40(30)27(32(37)42)16-22-10-12-24(34)13-11-22/h10-15,17,20-21,23,27-28,30H,5-9,16,18-19H2,1-4H3. The number of piperazine rings is 1. The number of fused-ring (bicyclic) bond motifs is 1. The lowest BCUT2D eigenvalue weighted by atomic mass is 9.87. The molecule has 2 aromatic rings. The van der Waals surface area contributed by atoms with Crippen LogP contribution in [-0.2, 0) is 30.8 Å². The Labute approximate surface area is 286 Å².